The summed E-state index contributed by atoms with van der Waals surface area (Å²) in [6, 6.07) is 2.55. The van der Waals surface area contributed by atoms with Crippen LogP contribution in [0.15, 0.2) is 10.6 Å². The van der Waals surface area contributed by atoms with Gasteiger partial charge in [-0.15, -0.1) is 0 Å². The lowest BCUT2D eigenvalue weighted by Crippen LogP contribution is -2.50. The molecule has 2 aliphatic rings. The van der Waals surface area contributed by atoms with Crippen LogP contribution in [0.1, 0.15) is 41.9 Å². The number of nitrogens with two attached hydrogens (primary N) is 1. The number of rotatable bonds is 1. The molecule has 0 radical (unpaired) electrons. The maximum Gasteiger partial charge on any atom is 0.276 e. The highest BCUT2D eigenvalue weighted by Crippen LogP contribution is 2.35. The molecule has 2 unspecified atom stereocenters. The molecule has 17 heavy (non-hydrogen) atoms. The Morgan fingerprint density at radius 2 is 2.12 bits per heavy atom. The van der Waals surface area contributed by atoms with Crippen LogP contribution in [-0.2, 0) is 0 Å². The van der Waals surface area contributed by atoms with E-state index in [0.29, 0.717) is 23.5 Å². The van der Waals surface area contributed by atoms with Crippen LogP contribution < -0.4 is 5.73 Å². The van der Waals surface area contributed by atoms with Crippen LogP contribution >= 0.6 is 0 Å². The van der Waals surface area contributed by atoms with Gasteiger partial charge in [0.05, 0.1) is 0 Å². The van der Waals surface area contributed by atoms with Gasteiger partial charge in [0.1, 0.15) is 5.76 Å². The minimum atomic E-state index is 0.00116. The van der Waals surface area contributed by atoms with E-state index < -0.39 is 0 Å². The number of carbonyl (C=O) groups is 1. The second-order valence-corrected chi connectivity index (χ2v) is 5.15. The second-order valence-electron chi connectivity index (χ2n) is 5.15. The summed E-state index contributed by atoms with van der Waals surface area (Å²) in [6.45, 7) is 1.80. The Bertz CT molecular complexity index is 429. The summed E-state index contributed by atoms with van der Waals surface area (Å²) in [5, 5.41) is 3.81. The summed E-state index contributed by atoms with van der Waals surface area (Å²) in [5.41, 5.74) is 6.41. The highest BCUT2D eigenvalue weighted by atomic mass is 16.5. The van der Waals surface area contributed by atoms with Gasteiger partial charge in [-0.25, -0.2) is 0 Å². The molecule has 0 aromatic carbocycles. The Morgan fingerprint density at radius 1 is 1.47 bits per heavy atom. The van der Waals surface area contributed by atoms with Gasteiger partial charge in [-0.2, -0.15) is 0 Å². The first-order chi connectivity index (χ1) is 8.15. The number of hydrogen-bond acceptors (Lipinski definition) is 4. The zero-order valence-electron chi connectivity index (χ0n) is 9.93. The second kappa shape index (κ2) is 3.84. The molecule has 2 saturated heterocycles. The van der Waals surface area contributed by atoms with Gasteiger partial charge in [0.15, 0.2) is 5.69 Å². The molecule has 0 spiro atoms. The van der Waals surface area contributed by atoms with Crippen LogP contribution in [0.3, 0.4) is 0 Å². The molecule has 0 aliphatic carbocycles. The van der Waals surface area contributed by atoms with E-state index >= 15 is 0 Å². The molecule has 3 heterocycles. The lowest BCUT2D eigenvalue weighted by atomic mass is 9.98. The van der Waals surface area contributed by atoms with E-state index in [2.05, 4.69) is 5.16 Å². The molecule has 2 N–H and O–H groups in total. The van der Waals surface area contributed by atoms with Crippen molar-refractivity contribution in [3.05, 3.63) is 17.5 Å². The van der Waals surface area contributed by atoms with Crippen LogP contribution in [0.4, 0.5) is 0 Å². The minimum Gasteiger partial charge on any atom is -0.361 e. The van der Waals surface area contributed by atoms with Gasteiger partial charge >= 0.3 is 0 Å². The van der Waals surface area contributed by atoms with E-state index in [9.17, 15) is 4.79 Å². The first kappa shape index (κ1) is 10.8. The molecule has 1 aromatic heterocycles. The van der Waals surface area contributed by atoms with E-state index in [0.717, 1.165) is 25.7 Å². The lowest BCUT2D eigenvalue weighted by Gasteiger charge is -2.37. The van der Waals surface area contributed by atoms with Crippen molar-refractivity contribution >= 4 is 5.91 Å². The topological polar surface area (TPSA) is 72.4 Å². The first-order valence-corrected chi connectivity index (χ1v) is 6.16. The van der Waals surface area contributed by atoms with Gasteiger partial charge in [-0.1, -0.05) is 5.16 Å². The van der Waals surface area contributed by atoms with E-state index in [1.54, 1.807) is 13.0 Å². The van der Waals surface area contributed by atoms with Crippen molar-refractivity contribution in [1.29, 1.82) is 0 Å². The van der Waals surface area contributed by atoms with Crippen LogP contribution in [-0.4, -0.2) is 34.1 Å². The van der Waals surface area contributed by atoms with Crippen molar-refractivity contribution in [3.63, 3.8) is 0 Å². The number of aryl methyl sites for hydroxylation is 1. The van der Waals surface area contributed by atoms with Crippen molar-refractivity contribution in [2.75, 3.05) is 0 Å². The summed E-state index contributed by atoms with van der Waals surface area (Å²) >= 11 is 0. The van der Waals surface area contributed by atoms with Gasteiger partial charge in [-0.05, 0) is 32.6 Å². The zero-order chi connectivity index (χ0) is 12.0. The van der Waals surface area contributed by atoms with E-state index in [1.165, 1.54) is 0 Å². The maximum absolute atomic E-state index is 12.3. The molecule has 92 valence electrons. The molecule has 5 nitrogen and oxygen atoms in total. The Hall–Kier alpha value is -1.36. The molecule has 0 saturated carbocycles. The van der Waals surface area contributed by atoms with Gasteiger partial charge in [0.25, 0.3) is 5.91 Å². The number of carbonyl (C=O) groups excluding carboxylic acids is 1. The maximum atomic E-state index is 12.3. The largest absolute Gasteiger partial charge is 0.361 e. The Morgan fingerprint density at radius 3 is 2.65 bits per heavy atom. The van der Waals surface area contributed by atoms with Gasteiger partial charge in [-0.3, -0.25) is 4.79 Å². The molecular weight excluding hydrogens is 218 g/mol. The fourth-order valence-electron chi connectivity index (χ4n) is 3.15. The molecule has 2 atom stereocenters. The summed E-state index contributed by atoms with van der Waals surface area (Å²) in [6.07, 6.45) is 3.97. The molecule has 2 aliphatic heterocycles. The third kappa shape index (κ3) is 1.74. The average Bonchev–Trinajstić information content (AvgIpc) is 2.81. The Labute approximate surface area is 99.9 Å². The van der Waals surface area contributed by atoms with Gasteiger partial charge in [0.2, 0.25) is 0 Å². The number of aromatic nitrogens is 1. The molecule has 1 amide bonds. The van der Waals surface area contributed by atoms with Gasteiger partial charge < -0.3 is 15.2 Å². The average molecular weight is 235 g/mol. The van der Waals surface area contributed by atoms with Crippen molar-refractivity contribution < 1.29 is 9.32 Å². The first-order valence-electron chi connectivity index (χ1n) is 6.16. The van der Waals surface area contributed by atoms with Crippen LogP contribution in [0.2, 0.25) is 0 Å². The molecule has 2 bridgehead atoms. The number of fused-ring (bicyclic) bond motifs is 2. The van der Waals surface area contributed by atoms with Crippen LogP contribution in [0, 0.1) is 6.92 Å². The predicted octanol–water partition coefficient (Wildman–Crippen LogP) is 1.08. The number of amides is 1. The van der Waals surface area contributed by atoms with Crippen molar-refractivity contribution in [1.82, 2.24) is 10.1 Å². The normalized spacial score (nSPS) is 31.9. The molecule has 5 heteroatoms. The summed E-state index contributed by atoms with van der Waals surface area (Å²) in [5.74, 6) is 0.677. The molecule has 2 fully saturated rings. The van der Waals surface area contributed by atoms with Crippen molar-refractivity contribution in [3.8, 4) is 0 Å². The fourth-order valence-corrected chi connectivity index (χ4v) is 3.15. The van der Waals surface area contributed by atoms with Gasteiger partial charge in [0, 0.05) is 24.2 Å². The predicted molar refractivity (Wildman–Crippen MR) is 61.4 cm³/mol. The van der Waals surface area contributed by atoms with Crippen molar-refractivity contribution in [2.24, 2.45) is 5.73 Å². The number of hydrogen-bond donors (Lipinski definition) is 1. The zero-order valence-corrected chi connectivity index (χ0v) is 9.93. The molecule has 1 aromatic rings. The fraction of sp³-hybridized carbons (Fsp3) is 0.667. The summed E-state index contributed by atoms with van der Waals surface area (Å²) in [7, 11) is 0. The van der Waals surface area contributed by atoms with E-state index in [-0.39, 0.29) is 11.9 Å². The Balaban J connectivity index is 1.83. The van der Waals surface area contributed by atoms with Crippen molar-refractivity contribution in [2.45, 2.75) is 50.7 Å². The number of piperidine rings is 1. The van der Waals surface area contributed by atoms with E-state index in [1.807, 2.05) is 4.90 Å². The third-order valence-electron chi connectivity index (χ3n) is 3.85. The molecule has 3 rings (SSSR count). The SMILES string of the molecule is Cc1cc(C(=O)N2C3CCC2CC(N)C3)no1. The third-order valence-corrected chi connectivity index (χ3v) is 3.85. The standard InChI is InChI=1S/C12H17N3O2/c1-7-4-11(14-17-7)12(16)15-9-2-3-10(15)6-8(13)5-9/h4,8-10H,2-3,5-6,13H2,1H3. The molecular formula is C12H17N3O2. The van der Waals surface area contributed by atoms with E-state index in [4.69, 9.17) is 10.3 Å². The summed E-state index contributed by atoms with van der Waals surface area (Å²) < 4.78 is 4.97. The highest BCUT2D eigenvalue weighted by molar-refractivity contribution is 5.93. The monoisotopic (exact) mass is 235 g/mol. The lowest BCUT2D eigenvalue weighted by molar-refractivity contribution is 0.0564. The summed E-state index contributed by atoms with van der Waals surface area (Å²) in [4.78, 5) is 14.3. The Kier molecular flexibility index (Phi) is 2.43. The quantitative estimate of drug-likeness (QED) is 0.790. The highest BCUT2D eigenvalue weighted by Gasteiger charge is 2.43. The smallest absolute Gasteiger partial charge is 0.276 e. The van der Waals surface area contributed by atoms with Crippen LogP contribution in [0.25, 0.3) is 0 Å². The minimum absolute atomic E-state index is 0.00116. The van der Waals surface area contributed by atoms with Crippen LogP contribution in [0.5, 0.6) is 0 Å². The number of nitrogens with zero attached hydrogens (tertiary/aromatic N) is 2.